The second-order valence-electron chi connectivity index (χ2n) is 3.57. The highest BCUT2D eigenvalue weighted by atomic mass is 16.1. The van der Waals surface area contributed by atoms with Crippen LogP contribution in [0.15, 0.2) is 12.3 Å². The maximum Gasteiger partial charge on any atom is 0.133 e. The zero-order valence-electron chi connectivity index (χ0n) is 6.60. The van der Waals surface area contributed by atoms with E-state index in [9.17, 15) is 4.79 Å². The summed E-state index contributed by atoms with van der Waals surface area (Å²) in [6.07, 6.45) is 8.90. The molecule has 0 saturated heterocycles. The van der Waals surface area contributed by atoms with Crippen molar-refractivity contribution in [1.29, 1.82) is 0 Å². The van der Waals surface area contributed by atoms with E-state index >= 15 is 0 Å². The van der Waals surface area contributed by atoms with Crippen LogP contribution in [0.1, 0.15) is 32.1 Å². The molecule has 0 bridgehead atoms. The first kappa shape index (κ1) is 6.89. The minimum absolute atomic E-state index is 0.272. The molecule has 0 aromatic heterocycles. The third-order valence-corrected chi connectivity index (χ3v) is 2.78. The number of hydrogen-bond acceptors (Lipinski definition) is 2. The summed E-state index contributed by atoms with van der Waals surface area (Å²) < 4.78 is 0. The normalized spacial score (nSPS) is 27.5. The topological polar surface area (TPSA) is 29.1 Å². The molecule has 1 saturated carbocycles. The minimum Gasteiger partial charge on any atom is -0.385 e. The van der Waals surface area contributed by atoms with Crippen molar-refractivity contribution in [2.24, 2.45) is 0 Å². The van der Waals surface area contributed by atoms with Crippen LogP contribution in [0.3, 0.4) is 0 Å². The fourth-order valence-corrected chi connectivity index (χ4v) is 1.93. The maximum absolute atomic E-state index is 11.0. The molecule has 11 heavy (non-hydrogen) atoms. The zero-order valence-corrected chi connectivity index (χ0v) is 6.60. The summed E-state index contributed by atoms with van der Waals surface area (Å²) in [6.45, 7) is 0. The van der Waals surface area contributed by atoms with E-state index < -0.39 is 0 Å². The Hall–Kier alpha value is -0.790. The van der Waals surface area contributed by atoms with Gasteiger partial charge < -0.3 is 5.32 Å². The Morgan fingerprint density at radius 1 is 1.36 bits per heavy atom. The molecule has 1 aliphatic heterocycles. The summed E-state index contributed by atoms with van der Waals surface area (Å²) >= 11 is 0. The van der Waals surface area contributed by atoms with Crippen LogP contribution >= 0.6 is 0 Å². The van der Waals surface area contributed by atoms with Crippen molar-refractivity contribution in [3.63, 3.8) is 0 Å². The summed E-state index contributed by atoms with van der Waals surface area (Å²) in [7, 11) is 0. The van der Waals surface area contributed by atoms with Crippen molar-refractivity contribution < 1.29 is 4.79 Å². The maximum atomic E-state index is 11.0. The van der Waals surface area contributed by atoms with Crippen molar-refractivity contribution in [2.75, 3.05) is 0 Å². The Morgan fingerprint density at radius 3 is 2.64 bits per heavy atom. The van der Waals surface area contributed by atoms with E-state index in [1.54, 1.807) is 0 Å². The Labute approximate surface area is 66.7 Å². The van der Waals surface area contributed by atoms with Gasteiger partial charge in [-0.2, -0.15) is 0 Å². The lowest BCUT2D eigenvalue weighted by Gasteiger charge is -2.33. The first-order chi connectivity index (χ1) is 5.31. The number of hydrogen-bond donors (Lipinski definition) is 1. The van der Waals surface area contributed by atoms with Gasteiger partial charge in [0.1, 0.15) is 5.78 Å². The molecular weight excluding hydrogens is 138 g/mol. The lowest BCUT2D eigenvalue weighted by Crippen LogP contribution is -2.42. The van der Waals surface area contributed by atoms with Crippen molar-refractivity contribution in [2.45, 2.75) is 37.6 Å². The van der Waals surface area contributed by atoms with Gasteiger partial charge in [0.25, 0.3) is 0 Å². The van der Waals surface area contributed by atoms with Gasteiger partial charge >= 0.3 is 0 Å². The van der Waals surface area contributed by atoms with Gasteiger partial charge in [-0.15, -0.1) is 0 Å². The van der Waals surface area contributed by atoms with Crippen molar-refractivity contribution in [3.8, 4) is 0 Å². The van der Waals surface area contributed by atoms with Crippen LogP contribution in [0.4, 0.5) is 0 Å². The molecule has 1 heterocycles. The van der Waals surface area contributed by atoms with Crippen LogP contribution in [-0.2, 0) is 4.79 Å². The predicted octanol–water partition coefficient (Wildman–Crippen LogP) is 1.38. The lowest BCUT2D eigenvalue weighted by atomic mass is 9.80. The molecule has 1 N–H and O–H groups in total. The Morgan fingerprint density at radius 2 is 2.09 bits per heavy atom. The fourth-order valence-electron chi connectivity index (χ4n) is 1.93. The van der Waals surface area contributed by atoms with Crippen LogP contribution < -0.4 is 5.32 Å². The van der Waals surface area contributed by atoms with E-state index in [4.69, 9.17) is 0 Å². The Bertz CT molecular complexity index is 188. The predicted molar refractivity (Wildman–Crippen MR) is 43.1 cm³/mol. The van der Waals surface area contributed by atoms with Crippen molar-refractivity contribution >= 4 is 5.78 Å². The van der Waals surface area contributed by atoms with E-state index in [1.807, 2.05) is 6.20 Å². The first-order valence-corrected chi connectivity index (χ1v) is 4.25. The molecule has 1 spiro atoms. The van der Waals surface area contributed by atoms with Crippen LogP contribution in [0.25, 0.3) is 0 Å². The molecule has 2 heteroatoms. The number of carbonyl (C=O) groups excluding carboxylic acids is 1. The summed E-state index contributed by atoms with van der Waals surface area (Å²) in [5.41, 5.74) is 0.272. The Balaban J connectivity index is 2.01. The molecule has 2 nitrogen and oxygen atoms in total. The largest absolute Gasteiger partial charge is 0.385 e. The summed E-state index contributed by atoms with van der Waals surface area (Å²) in [6, 6.07) is 0. The van der Waals surface area contributed by atoms with E-state index in [0.717, 1.165) is 32.1 Å². The number of Topliss-reactive ketones (excluding diaryl/α,β-unsaturated/α-hetero) is 1. The standard InChI is InChI=1S/C9H13NO/c11-8-2-5-9(6-3-8)4-1-7-10-9/h1,7,10H,2-6H2. The van der Waals surface area contributed by atoms with Gasteiger partial charge in [-0.1, -0.05) is 6.08 Å². The molecule has 0 unspecified atom stereocenters. The van der Waals surface area contributed by atoms with Crippen LogP contribution in [0.5, 0.6) is 0 Å². The van der Waals surface area contributed by atoms with Crippen molar-refractivity contribution in [3.05, 3.63) is 12.3 Å². The second-order valence-corrected chi connectivity index (χ2v) is 3.57. The molecular formula is C9H13NO. The molecule has 2 aliphatic rings. The highest BCUT2D eigenvalue weighted by Gasteiger charge is 2.34. The molecule has 0 radical (unpaired) electrons. The number of rotatable bonds is 0. The monoisotopic (exact) mass is 151 g/mol. The van der Waals surface area contributed by atoms with Gasteiger partial charge in [-0.3, -0.25) is 4.79 Å². The lowest BCUT2D eigenvalue weighted by molar-refractivity contribution is -0.121. The molecule has 0 amide bonds. The van der Waals surface area contributed by atoms with Crippen molar-refractivity contribution in [1.82, 2.24) is 5.32 Å². The van der Waals surface area contributed by atoms with E-state index in [1.165, 1.54) is 0 Å². The molecule has 0 aromatic carbocycles. The minimum atomic E-state index is 0.272. The number of carbonyl (C=O) groups is 1. The number of ketones is 1. The third kappa shape index (κ3) is 1.17. The van der Waals surface area contributed by atoms with Gasteiger partial charge in [0, 0.05) is 18.4 Å². The molecule has 0 atom stereocenters. The Kier molecular flexibility index (Phi) is 1.48. The highest BCUT2D eigenvalue weighted by Crippen LogP contribution is 2.32. The van der Waals surface area contributed by atoms with Crippen LogP contribution in [0.2, 0.25) is 0 Å². The molecule has 2 rings (SSSR count). The highest BCUT2D eigenvalue weighted by molar-refractivity contribution is 5.79. The van der Waals surface area contributed by atoms with E-state index in [-0.39, 0.29) is 5.54 Å². The molecule has 60 valence electrons. The van der Waals surface area contributed by atoms with Gasteiger partial charge in [-0.25, -0.2) is 0 Å². The SMILES string of the molecule is O=C1CCC2(CC=CN2)CC1. The quantitative estimate of drug-likeness (QED) is 0.566. The average Bonchev–Trinajstić information content (AvgIpc) is 2.45. The smallest absolute Gasteiger partial charge is 0.133 e. The first-order valence-electron chi connectivity index (χ1n) is 4.25. The molecule has 1 fully saturated rings. The summed E-state index contributed by atoms with van der Waals surface area (Å²) in [5, 5.41) is 3.36. The van der Waals surface area contributed by atoms with Gasteiger partial charge in [0.2, 0.25) is 0 Å². The van der Waals surface area contributed by atoms with Gasteiger partial charge in [-0.05, 0) is 25.5 Å². The zero-order chi connectivity index (χ0) is 7.73. The van der Waals surface area contributed by atoms with Gasteiger partial charge in [0.15, 0.2) is 0 Å². The van der Waals surface area contributed by atoms with Gasteiger partial charge in [0.05, 0.1) is 0 Å². The summed E-state index contributed by atoms with van der Waals surface area (Å²) in [5.74, 6) is 0.435. The average molecular weight is 151 g/mol. The van der Waals surface area contributed by atoms with Crippen LogP contribution in [-0.4, -0.2) is 11.3 Å². The molecule has 0 aromatic rings. The third-order valence-electron chi connectivity index (χ3n) is 2.78. The van der Waals surface area contributed by atoms with E-state index in [0.29, 0.717) is 5.78 Å². The molecule has 1 aliphatic carbocycles. The number of nitrogens with one attached hydrogen (secondary N) is 1. The second kappa shape index (κ2) is 2.36. The fraction of sp³-hybridized carbons (Fsp3) is 0.667. The van der Waals surface area contributed by atoms with Crippen LogP contribution in [0, 0.1) is 0 Å². The van der Waals surface area contributed by atoms with E-state index in [2.05, 4.69) is 11.4 Å². The summed E-state index contributed by atoms with van der Waals surface area (Å²) in [4.78, 5) is 11.0.